The predicted molar refractivity (Wildman–Crippen MR) is 222 cm³/mol. The molecule has 8 nitrogen and oxygen atoms in total. The number of hydrogen-bond acceptors (Lipinski definition) is 6. The van der Waals surface area contributed by atoms with Gasteiger partial charge in [-0.2, -0.15) is 0 Å². The Morgan fingerprint density at radius 2 is 0.696 bits per heavy atom. The van der Waals surface area contributed by atoms with Gasteiger partial charge in [0.1, 0.15) is 46.0 Å². The molecule has 2 aromatic heterocycles. The van der Waals surface area contributed by atoms with Crippen molar-refractivity contribution in [3.05, 3.63) is 178 Å². The van der Waals surface area contributed by atoms with Crippen LogP contribution in [0.5, 0.6) is 46.0 Å². The first-order valence-corrected chi connectivity index (χ1v) is 18.6. The Kier molecular flexibility index (Phi) is 8.91. The summed E-state index contributed by atoms with van der Waals surface area (Å²) in [4.78, 5) is 29.8. The Bertz CT molecular complexity index is 2810. The summed E-state index contributed by atoms with van der Waals surface area (Å²) in [5.74, 6) is 4.20. The largest absolute Gasteiger partial charge is 0.457 e. The molecule has 0 fully saturated rings. The average Bonchev–Trinajstić information content (AvgIpc) is 3.22. The molecule has 9 aromatic rings. The number of ether oxygens (including phenoxy) is 4. The summed E-state index contributed by atoms with van der Waals surface area (Å²) in [6, 6.07) is 48.6. The molecular formula is C48H36N2O6. The van der Waals surface area contributed by atoms with Gasteiger partial charge in [-0.15, -0.1) is 0 Å². The first-order valence-electron chi connectivity index (χ1n) is 18.6. The second kappa shape index (κ2) is 14.5. The third kappa shape index (κ3) is 6.27. The molecule has 274 valence electrons. The molecule has 0 saturated carbocycles. The van der Waals surface area contributed by atoms with Gasteiger partial charge in [0.05, 0.1) is 32.8 Å². The fourth-order valence-corrected chi connectivity index (χ4v) is 7.39. The summed E-state index contributed by atoms with van der Waals surface area (Å²) >= 11 is 0. The van der Waals surface area contributed by atoms with Crippen LogP contribution in [0, 0.1) is 0 Å². The summed E-state index contributed by atoms with van der Waals surface area (Å²) in [7, 11) is 0. The zero-order valence-corrected chi connectivity index (χ0v) is 30.8. The molecule has 0 amide bonds. The van der Waals surface area contributed by atoms with Gasteiger partial charge in [0.15, 0.2) is 0 Å². The van der Waals surface area contributed by atoms with Crippen LogP contribution in [0.1, 0.15) is 13.8 Å². The van der Waals surface area contributed by atoms with E-state index in [4.69, 9.17) is 18.9 Å². The fourth-order valence-electron chi connectivity index (χ4n) is 7.39. The number of rotatable bonds is 10. The first-order chi connectivity index (χ1) is 27.5. The minimum atomic E-state index is -0.219. The van der Waals surface area contributed by atoms with E-state index in [1.54, 1.807) is 12.1 Å². The Labute approximate surface area is 321 Å². The van der Waals surface area contributed by atoms with Crippen LogP contribution in [-0.4, -0.2) is 9.13 Å². The smallest absolute Gasteiger partial charge is 0.201 e. The van der Waals surface area contributed by atoms with Gasteiger partial charge in [-0.1, -0.05) is 72.8 Å². The van der Waals surface area contributed by atoms with Crippen LogP contribution in [0.4, 0.5) is 0 Å². The van der Waals surface area contributed by atoms with Crippen molar-refractivity contribution in [3.63, 3.8) is 0 Å². The molecule has 0 atom stereocenters. The summed E-state index contributed by atoms with van der Waals surface area (Å²) < 4.78 is 29.6. The number of aryl methyl sites for hydroxylation is 2. The molecule has 0 N–H and O–H groups in total. The molecule has 0 bridgehead atoms. The summed E-state index contributed by atoms with van der Waals surface area (Å²) in [5.41, 5.74) is 2.04. The molecule has 8 heteroatoms. The first kappa shape index (κ1) is 34.4. The molecule has 2 heterocycles. The molecule has 0 aliphatic rings. The lowest BCUT2D eigenvalue weighted by Gasteiger charge is -2.20. The maximum absolute atomic E-state index is 14.9. The summed E-state index contributed by atoms with van der Waals surface area (Å²) in [5, 5.41) is 1.73. The summed E-state index contributed by atoms with van der Waals surface area (Å²) in [6.07, 6.45) is 0. The number of nitrogens with zero attached hydrogens (tertiary/aromatic N) is 2. The maximum atomic E-state index is 14.9. The maximum Gasteiger partial charge on any atom is 0.201 e. The molecule has 9 rings (SSSR count). The topological polar surface area (TPSA) is 80.9 Å². The second-order valence-electron chi connectivity index (χ2n) is 13.3. The van der Waals surface area contributed by atoms with Gasteiger partial charge in [-0.25, -0.2) is 0 Å². The highest BCUT2D eigenvalue weighted by Gasteiger charge is 2.22. The molecule has 7 aromatic carbocycles. The lowest BCUT2D eigenvalue weighted by atomic mass is 10.0. The quantitative estimate of drug-likeness (QED) is 0.130. The zero-order chi connectivity index (χ0) is 38.2. The molecule has 56 heavy (non-hydrogen) atoms. The fraction of sp³-hybridized carbons (Fsp3) is 0.0833. The van der Waals surface area contributed by atoms with Gasteiger partial charge in [0.25, 0.3) is 0 Å². The lowest BCUT2D eigenvalue weighted by Crippen LogP contribution is -2.16. The van der Waals surface area contributed by atoms with Gasteiger partial charge in [-0.3, -0.25) is 9.59 Å². The zero-order valence-electron chi connectivity index (χ0n) is 30.8. The number of hydrogen-bond donors (Lipinski definition) is 0. The predicted octanol–water partition coefficient (Wildman–Crippen LogP) is 11.8. The van der Waals surface area contributed by atoms with Gasteiger partial charge in [0, 0.05) is 48.1 Å². The monoisotopic (exact) mass is 736 g/mol. The van der Waals surface area contributed by atoms with Crippen LogP contribution in [0.15, 0.2) is 167 Å². The van der Waals surface area contributed by atoms with Gasteiger partial charge < -0.3 is 28.1 Å². The van der Waals surface area contributed by atoms with Crippen molar-refractivity contribution in [1.29, 1.82) is 0 Å². The van der Waals surface area contributed by atoms with Crippen LogP contribution >= 0.6 is 0 Å². The SMILES string of the molecule is CCn1c2cc3c(=O)c4c(Oc5ccccc5)cc(Oc5ccccc5)cc4n(CC)c3cc2c(=O)c2c(Oc3ccccc3)cc(Oc3ccccc3)cc21. The Balaban J connectivity index is 1.34. The van der Waals surface area contributed by atoms with Crippen LogP contribution < -0.4 is 29.8 Å². The number of fused-ring (bicyclic) bond motifs is 4. The van der Waals surface area contributed by atoms with E-state index in [0.29, 0.717) is 103 Å². The molecule has 0 saturated heterocycles. The highest BCUT2D eigenvalue weighted by Crippen LogP contribution is 2.39. The third-order valence-electron chi connectivity index (χ3n) is 9.86. The van der Waals surface area contributed by atoms with Gasteiger partial charge >= 0.3 is 0 Å². The van der Waals surface area contributed by atoms with Gasteiger partial charge in [-0.05, 0) is 74.5 Å². The highest BCUT2D eigenvalue weighted by atomic mass is 16.5. The van der Waals surface area contributed by atoms with Crippen LogP contribution in [0.2, 0.25) is 0 Å². The van der Waals surface area contributed by atoms with Crippen molar-refractivity contribution >= 4 is 43.6 Å². The van der Waals surface area contributed by atoms with E-state index in [1.165, 1.54) is 0 Å². The van der Waals surface area contributed by atoms with E-state index in [9.17, 15) is 9.59 Å². The van der Waals surface area contributed by atoms with Crippen molar-refractivity contribution < 1.29 is 18.9 Å². The highest BCUT2D eigenvalue weighted by molar-refractivity contribution is 6.06. The second-order valence-corrected chi connectivity index (χ2v) is 13.3. The van der Waals surface area contributed by atoms with Gasteiger partial charge in [0.2, 0.25) is 10.9 Å². The standard InChI is InChI=1S/C48H36N2O6/c1-3-49-39-29-38-40(30-37(39)47(51)45-41(49)25-35(53-31-17-9-5-10-18-31)27-43(45)55-33-21-13-7-14-22-33)50(4-2)42-26-36(54-32-19-11-6-12-20-32)28-44(46(42)48(38)52)56-34-23-15-8-16-24-34/h5-30H,3-4H2,1-2H3. The van der Waals surface area contributed by atoms with E-state index in [-0.39, 0.29) is 10.9 Å². The number of pyridine rings is 2. The Morgan fingerprint density at radius 3 is 1.02 bits per heavy atom. The summed E-state index contributed by atoms with van der Waals surface area (Å²) in [6.45, 7) is 5.02. The van der Waals surface area contributed by atoms with Crippen LogP contribution in [0.25, 0.3) is 43.6 Å². The normalized spacial score (nSPS) is 11.3. The minimum Gasteiger partial charge on any atom is -0.457 e. The molecule has 0 aliphatic heterocycles. The molecule has 0 aliphatic carbocycles. The van der Waals surface area contributed by atoms with Crippen molar-refractivity contribution in [3.8, 4) is 46.0 Å². The number of benzene rings is 7. The van der Waals surface area contributed by atoms with E-state index in [2.05, 4.69) is 0 Å². The van der Waals surface area contributed by atoms with Crippen molar-refractivity contribution in [2.45, 2.75) is 26.9 Å². The molecule has 0 spiro atoms. The van der Waals surface area contributed by atoms with Crippen LogP contribution in [-0.2, 0) is 13.1 Å². The molecular weight excluding hydrogens is 701 g/mol. The van der Waals surface area contributed by atoms with Crippen molar-refractivity contribution in [1.82, 2.24) is 9.13 Å². The van der Waals surface area contributed by atoms with E-state index in [0.717, 1.165) is 0 Å². The van der Waals surface area contributed by atoms with E-state index >= 15 is 0 Å². The Morgan fingerprint density at radius 1 is 0.375 bits per heavy atom. The minimum absolute atomic E-state index is 0.219. The third-order valence-corrected chi connectivity index (χ3v) is 9.86. The molecule has 0 radical (unpaired) electrons. The van der Waals surface area contributed by atoms with Crippen molar-refractivity contribution in [2.75, 3.05) is 0 Å². The number of para-hydroxylation sites is 4. The van der Waals surface area contributed by atoms with E-state index in [1.807, 2.05) is 169 Å². The van der Waals surface area contributed by atoms with Crippen molar-refractivity contribution in [2.24, 2.45) is 0 Å². The Hall–Kier alpha value is -7.32. The van der Waals surface area contributed by atoms with Crippen LogP contribution in [0.3, 0.4) is 0 Å². The van der Waals surface area contributed by atoms with E-state index < -0.39 is 0 Å². The molecule has 0 unspecified atom stereocenters. The average molecular weight is 737 g/mol. The number of aromatic nitrogens is 2. The lowest BCUT2D eigenvalue weighted by molar-refractivity contribution is 0.463.